The van der Waals surface area contributed by atoms with Crippen LogP contribution in [0.3, 0.4) is 0 Å². The first-order chi connectivity index (χ1) is 9.71. The molecule has 0 radical (unpaired) electrons. The Hall–Kier alpha value is -1.10. The van der Waals surface area contributed by atoms with E-state index in [1.807, 2.05) is 59.0 Å². The monoisotopic (exact) mass is 303 g/mol. The number of pyridine rings is 1. The highest BCUT2D eigenvalue weighted by Gasteiger charge is 2.52. The van der Waals surface area contributed by atoms with Crippen molar-refractivity contribution < 1.29 is 9.31 Å². The highest BCUT2D eigenvalue weighted by atomic mass is 35.5. The van der Waals surface area contributed by atoms with Crippen LogP contribution in [0.15, 0.2) is 24.4 Å². The van der Waals surface area contributed by atoms with Crippen molar-refractivity contribution in [2.24, 2.45) is 0 Å². The maximum Gasteiger partial charge on any atom is 0.496 e. The molecule has 0 unspecified atom stereocenters. The highest BCUT2D eigenvalue weighted by Crippen LogP contribution is 2.37. The summed E-state index contributed by atoms with van der Waals surface area (Å²) in [7, 11) is -0.451. The van der Waals surface area contributed by atoms with Crippen LogP contribution >= 0.6 is 11.6 Å². The van der Waals surface area contributed by atoms with E-state index in [1.54, 1.807) is 0 Å². The van der Waals surface area contributed by atoms with E-state index in [0.29, 0.717) is 5.02 Å². The van der Waals surface area contributed by atoms with Gasteiger partial charge in [-0.05, 0) is 46.1 Å². The number of aromatic nitrogens is 1. The maximum absolute atomic E-state index is 6.56. The Balaban J connectivity index is 2.07. The van der Waals surface area contributed by atoms with Crippen LogP contribution in [0.1, 0.15) is 33.4 Å². The second-order valence-electron chi connectivity index (χ2n) is 6.60. The lowest BCUT2D eigenvalue weighted by Gasteiger charge is -2.32. The molecule has 1 saturated heterocycles. The minimum atomic E-state index is -0.451. The van der Waals surface area contributed by atoms with Crippen LogP contribution in [-0.2, 0) is 9.31 Å². The summed E-state index contributed by atoms with van der Waals surface area (Å²) in [6.07, 6.45) is 1.81. The third-order valence-corrected chi connectivity index (χ3v) is 4.93. The summed E-state index contributed by atoms with van der Waals surface area (Å²) < 4.78 is 12.2. The first-order valence-electron chi connectivity index (χ1n) is 7.12. The Morgan fingerprint density at radius 3 is 2.33 bits per heavy atom. The Morgan fingerprint density at radius 1 is 1.10 bits per heavy atom. The largest absolute Gasteiger partial charge is 0.496 e. The van der Waals surface area contributed by atoms with Gasteiger partial charge in [0.15, 0.2) is 0 Å². The maximum atomic E-state index is 6.56. The summed E-state index contributed by atoms with van der Waals surface area (Å²) >= 11 is 6.56. The molecule has 2 heterocycles. The lowest BCUT2D eigenvalue weighted by molar-refractivity contribution is 0.00578. The minimum Gasteiger partial charge on any atom is -0.399 e. The average Bonchev–Trinajstić information content (AvgIpc) is 2.58. The van der Waals surface area contributed by atoms with E-state index >= 15 is 0 Å². The molecule has 1 aromatic carbocycles. The standard InChI is InChI=1S/C16H19BClNO2/c1-10-8-11-6-7-13(14(18)12(11)9-19-10)17-20-15(2,3)16(4,5)21-17/h6-9H,1-5H3. The quantitative estimate of drug-likeness (QED) is 0.756. The van der Waals surface area contributed by atoms with Crippen LogP contribution in [0.2, 0.25) is 5.02 Å². The van der Waals surface area contributed by atoms with Gasteiger partial charge in [-0.3, -0.25) is 4.98 Å². The van der Waals surface area contributed by atoms with Gasteiger partial charge in [-0.15, -0.1) is 0 Å². The summed E-state index contributed by atoms with van der Waals surface area (Å²) in [4.78, 5) is 4.33. The van der Waals surface area contributed by atoms with Gasteiger partial charge in [0.05, 0.1) is 11.2 Å². The molecule has 0 N–H and O–H groups in total. The molecule has 0 amide bonds. The second kappa shape index (κ2) is 4.70. The predicted octanol–water partition coefficient (Wildman–Crippen LogP) is 3.50. The van der Waals surface area contributed by atoms with Crippen LogP contribution < -0.4 is 5.46 Å². The zero-order chi connectivity index (χ0) is 15.4. The van der Waals surface area contributed by atoms with E-state index in [-0.39, 0.29) is 11.2 Å². The van der Waals surface area contributed by atoms with Gasteiger partial charge in [0.25, 0.3) is 0 Å². The molecule has 0 saturated carbocycles. The van der Waals surface area contributed by atoms with Gasteiger partial charge < -0.3 is 9.31 Å². The minimum absolute atomic E-state index is 0.374. The number of hydrogen-bond acceptors (Lipinski definition) is 3. The zero-order valence-corrected chi connectivity index (χ0v) is 13.8. The van der Waals surface area contributed by atoms with Gasteiger partial charge in [-0.2, -0.15) is 0 Å². The molecule has 1 fully saturated rings. The van der Waals surface area contributed by atoms with E-state index in [9.17, 15) is 0 Å². The van der Waals surface area contributed by atoms with Gasteiger partial charge in [0, 0.05) is 27.8 Å². The first-order valence-corrected chi connectivity index (χ1v) is 7.49. The number of fused-ring (bicyclic) bond motifs is 1. The van der Waals surface area contributed by atoms with Crippen molar-refractivity contribution in [1.82, 2.24) is 4.98 Å². The van der Waals surface area contributed by atoms with E-state index in [1.165, 1.54) is 0 Å². The number of hydrogen-bond donors (Lipinski definition) is 0. The van der Waals surface area contributed by atoms with Gasteiger partial charge in [-0.1, -0.05) is 23.7 Å². The van der Waals surface area contributed by atoms with Crippen LogP contribution in [0.25, 0.3) is 10.8 Å². The van der Waals surface area contributed by atoms with Crippen LogP contribution in [0.5, 0.6) is 0 Å². The second-order valence-corrected chi connectivity index (χ2v) is 6.98. The number of aryl methyl sites for hydroxylation is 1. The fourth-order valence-electron chi connectivity index (χ4n) is 2.46. The molecule has 5 heteroatoms. The molecule has 110 valence electrons. The molecular formula is C16H19BClNO2. The number of halogens is 1. The molecule has 0 spiro atoms. The van der Waals surface area contributed by atoms with Gasteiger partial charge in [-0.25, -0.2) is 0 Å². The molecule has 3 rings (SSSR count). The van der Waals surface area contributed by atoms with E-state index in [2.05, 4.69) is 4.98 Å². The molecule has 2 aromatic rings. The van der Waals surface area contributed by atoms with Crippen molar-refractivity contribution in [2.45, 2.75) is 45.8 Å². The third kappa shape index (κ3) is 2.35. The van der Waals surface area contributed by atoms with E-state index < -0.39 is 7.12 Å². The van der Waals surface area contributed by atoms with Crippen molar-refractivity contribution in [3.05, 3.63) is 35.1 Å². The molecule has 21 heavy (non-hydrogen) atoms. The Kier molecular flexibility index (Phi) is 3.32. The fraction of sp³-hybridized carbons (Fsp3) is 0.438. The third-order valence-electron chi connectivity index (χ3n) is 4.51. The van der Waals surface area contributed by atoms with Gasteiger partial charge >= 0.3 is 7.12 Å². The summed E-state index contributed by atoms with van der Waals surface area (Å²) in [5, 5.41) is 2.65. The van der Waals surface area contributed by atoms with Crippen molar-refractivity contribution >= 4 is 35.0 Å². The first kappa shape index (κ1) is 14.8. The van der Waals surface area contributed by atoms with Crippen molar-refractivity contribution in [1.29, 1.82) is 0 Å². The smallest absolute Gasteiger partial charge is 0.399 e. The number of nitrogens with zero attached hydrogens (tertiary/aromatic N) is 1. The van der Waals surface area contributed by atoms with Crippen molar-refractivity contribution in [3.8, 4) is 0 Å². The summed E-state index contributed by atoms with van der Waals surface area (Å²) in [6, 6.07) is 6.04. The summed E-state index contributed by atoms with van der Waals surface area (Å²) in [5.74, 6) is 0. The van der Waals surface area contributed by atoms with Crippen molar-refractivity contribution in [3.63, 3.8) is 0 Å². The number of benzene rings is 1. The average molecular weight is 304 g/mol. The summed E-state index contributed by atoms with van der Waals surface area (Å²) in [5.41, 5.74) is 1.08. The van der Waals surface area contributed by atoms with Gasteiger partial charge in [0.1, 0.15) is 0 Å². The normalized spacial score (nSPS) is 20.2. The molecule has 1 aromatic heterocycles. The zero-order valence-electron chi connectivity index (χ0n) is 13.0. The van der Waals surface area contributed by atoms with Crippen LogP contribution in [-0.4, -0.2) is 23.3 Å². The van der Waals surface area contributed by atoms with Crippen LogP contribution in [0, 0.1) is 6.92 Å². The van der Waals surface area contributed by atoms with Crippen LogP contribution in [0.4, 0.5) is 0 Å². The molecule has 1 aliphatic rings. The topological polar surface area (TPSA) is 31.4 Å². The van der Waals surface area contributed by atoms with Gasteiger partial charge in [0.2, 0.25) is 0 Å². The lowest BCUT2D eigenvalue weighted by atomic mass is 9.78. The molecule has 0 bridgehead atoms. The molecule has 0 atom stereocenters. The van der Waals surface area contributed by atoms with Crippen molar-refractivity contribution in [2.75, 3.05) is 0 Å². The Morgan fingerprint density at radius 2 is 1.71 bits per heavy atom. The molecular weight excluding hydrogens is 284 g/mol. The number of rotatable bonds is 1. The molecule has 1 aliphatic heterocycles. The van der Waals surface area contributed by atoms with E-state index in [0.717, 1.165) is 21.9 Å². The fourth-order valence-corrected chi connectivity index (χ4v) is 2.77. The molecule has 0 aliphatic carbocycles. The Bertz CT molecular complexity index is 699. The Labute approximate surface area is 130 Å². The summed E-state index contributed by atoms with van der Waals surface area (Å²) in [6.45, 7) is 10.1. The SMILES string of the molecule is Cc1cc2ccc(B3OC(C)(C)C(C)(C)O3)c(Cl)c2cn1. The highest BCUT2D eigenvalue weighted by molar-refractivity contribution is 6.66. The van der Waals surface area contributed by atoms with E-state index in [4.69, 9.17) is 20.9 Å². The lowest BCUT2D eigenvalue weighted by Crippen LogP contribution is -2.41. The molecule has 3 nitrogen and oxygen atoms in total. The predicted molar refractivity (Wildman–Crippen MR) is 87.2 cm³/mol.